The van der Waals surface area contributed by atoms with Crippen LogP contribution in [0.5, 0.6) is 0 Å². The third-order valence-corrected chi connectivity index (χ3v) is 3.61. The summed E-state index contributed by atoms with van der Waals surface area (Å²) >= 11 is 0. The van der Waals surface area contributed by atoms with Crippen molar-refractivity contribution in [1.82, 2.24) is 9.55 Å². The average Bonchev–Trinajstić information content (AvgIpc) is 2.89. The summed E-state index contributed by atoms with van der Waals surface area (Å²) in [6, 6.07) is 6.58. The van der Waals surface area contributed by atoms with E-state index in [9.17, 15) is 4.39 Å². The standard InChI is InChI=1S/C16H22FN3/c1-3-5-15-19-10-11-20(15)16(14(18)4-2)12-6-8-13(17)9-7-12/h6-11,14,16H,3-5,18H2,1-2H3. The Bertz CT molecular complexity index is 533. The minimum atomic E-state index is -0.225. The van der Waals surface area contributed by atoms with E-state index in [0.29, 0.717) is 0 Å². The second-order valence-corrected chi connectivity index (χ2v) is 5.07. The molecule has 0 saturated heterocycles. The molecule has 0 spiro atoms. The van der Waals surface area contributed by atoms with Crippen LogP contribution < -0.4 is 5.73 Å². The van der Waals surface area contributed by atoms with Crippen LogP contribution in [-0.4, -0.2) is 15.6 Å². The first-order valence-corrected chi connectivity index (χ1v) is 7.20. The van der Waals surface area contributed by atoms with Gasteiger partial charge in [0.25, 0.3) is 0 Å². The molecule has 1 aromatic heterocycles. The number of aromatic nitrogens is 2. The van der Waals surface area contributed by atoms with Crippen LogP contribution in [0.3, 0.4) is 0 Å². The van der Waals surface area contributed by atoms with Gasteiger partial charge >= 0.3 is 0 Å². The monoisotopic (exact) mass is 275 g/mol. The maximum absolute atomic E-state index is 13.1. The lowest BCUT2D eigenvalue weighted by atomic mass is 9.97. The van der Waals surface area contributed by atoms with Gasteiger partial charge < -0.3 is 10.3 Å². The zero-order valence-corrected chi connectivity index (χ0v) is 12.1. The Morgan fingerprint density at radius 3 is 2.55 bits per heavy atom. The molecule has 0 bridgehead atoms. The summed E-state index contributed by atoms with van der Waals surface area (Å²) in [5, 5.41) is 0. The quantitative estimate of drug-likeness (QED) is 0.879. The third kappa shape index (κ3) is 3.07. The highest BCUT2D eigenvalue weighted by molar-refractivity contribution is 5.23. The van der Waals surface area contributed by atoms with E-state index >= 15 is 0 Å². The summed E-state index contributed by atoms with van der Waals surface area (Å²) in [7, 11) is 0. The van der Waals surface area contributed by atoms with E-state index < -0.39 is 0 Å². The fourth-order valence-electron chi connectivity index (χ4n) is 2.51. The van der Waals surface area contributed by atoms with Crippen LogP contribution in [0.15, 0.2) is 36.7 Å². The summed E-state index contributed by atoms with van der Waals surface area (Å²) in [4.78, 5) is 4.42. The molecule has 20 heavy (non-hydrogen) atoms. The zero-order valence-electron chi connectivity index (χ0n) is 12.1. The molecule has 0 aliphatic heterocycles. The van der Waals surface area contributed by atoms with Crippen molar-refractivity contribution < 1.29 is 4.39 Å². The molecule has 0 fully saturated rings. The van der Waals surface area contributed by atoms with Gasteiger partial charge in [-0.05, 0) is 30.5 Å². The summed E-state index contributed by atoms with van der Waals surface area (Å²) in [6.07, 6.45) is 6.58. The van der Waals surface area contributed by atoms with E-state index in [1.54, 1.807) is 0 Å². The summed E-state index contributed by atoms with van der Waals surface area (Å²) in [5.74, 6) is 0.808. The first-order chi connectivity index (χ1) is 9.67. The Hall–Kier alpha value is -1.68. The lowest BCUT2D eigenvalue weighted by Gasteiger charge is -2.26. The molecule has 108 valence electrons. The summed E-state index contributed by atoms with van der Waals surface area (Å²) in [6.45, 7) is 4.20. The van der Waals surface area contributed by atoms with Gasteiger partial charge in [0.2, 0.25) is 0 Å². The lowest BCUT2D eigenvalue weighted by molar-refractivity contribution is 0.444. The second-order valence-electron chi connectivity index (χ2n) is 5.07. The first-order valence-electron chi connectivity index (χ1n) is 7.20. The van der Waals surface area contributed by atoms with Crippen LogP contribution >= 0.6 is 0 Å². The van der Waals surface area contributed by atoms with Crippen LogP contribution in [0, 0.1) is 5.82 Å². The highest BCUT2D eigenvalue weighted by Crippen LogP contribution is 2.25. The van der Waals surface area contributed by atoms with Gasteiger partial charge in [0.05, 0.1) is 6.04 Å². The number of halogens is 1. The van der Waals surface area contributed by atoms with Crippen LogP contribution in [0.1, 0.15) is 44.1 Å². The fourth-order valence-corrected chi connectivity index (χ4v) is 2.51. The molecule has 0 aliphatic rings. The number of hydrogen-bond acceptors (Lipinski definition) is 2. The second kappa shape index (κ2) is 6.66. The molecule has 2 atom stereocenters. The molecule has 0 aliphatic carbocycles. The van der Waals surface area contributed by atoms with Crippen molar-refractivity contribution in [1.29, 1.82) is 0 Å². The van der Waals surface area contributed by atoms with E-state index in [1.807, 2.05) is 24.5 Å². The van der Waals surface area contributed by atoms with Gasteiger partial charge in [-0.3, -0.25) is 0 Å². The fraction of sp³-hybridized carbons (Fsp3) is 0.438. The molecule has 3 nitrogen and oxygen atoms in total. The van der Waals surface area contributed by atoms with Crippen molar-refractivity contribution in [3.63, 3.8) is 0 Å². The van der Waals surface area contributed by atoms with E-state index in [4.69, 9.17) is 5.73 Å². The van der Waals surface area contributed by atoms with E-state index in [2.05, 4.69) is 23.4 Å². The molecule has 2 aromatic rings. The van der Waals surface area contributed by atoms with Gasteiger partial charge in [0, 0.05) is 24.9 Å². The van der Waals surface area contributed by atoms with Gasteiger partial charge in [-0.25, -0.2) is 9.37 Å². The molecule has 1 aromatic carbocycles. The van der Waals surface area contributed by atoms with Crippen molar-refractivity contribution in [2.24, 2.45) is 5.73 Å². The number of rotatable bonds is 6. The minimum Gasteiger partial charge on any atom is -0.326 e. The van der Waals surface area contributed by atoms with Crippen molar-refractivity contribution in [3.05, 3.63) is 53.9 Å². The number of aryl methyl sites for hydroxylation is 1. The molecule has 0 amide bonds. The Morgan fingerprint density at radius 1 is 1.25 bits per heavy atom. The van der Waals surface area contributed by atoms with Crippen LogP contribution in [0.4, 0.5) is 4.39 Å². The van der Waals surface area contributed by atoms with E-state index in [-0.39, 0.29) is 17.9 Å². The van der Waals surface area contributed by atoms with Gasteiger partial charge in [-0.15, -0.1) is 0 Å². The predicted molar refractivity (Wildman–Crippen MR) is 79.0 cm³/mol. The number of nitrogens with zero attached hydrogens (tertiary/aromatic N) is 2. The molecular weight excluding hydrogens is 253 g/mol. The molecule has 0 saturated carbocycles. The SMILES string of the molecule is CCCc1nccn1C(c1ccc(F)cc1)C(N)CC. The summed E-state index contributed by atoms with van der Waals surface area (Å²) in [5.41, 5.74) is 7.33. The molecule has 2 rings (SSSR count). The van der Waals surface area contributed by atoms with Crippen molar-refractivity contribution >= 4 is 0 Å². The predicted octanol–water partition coefficient (Wildman–Crippen LogP) is 3.30. The third-order valence-electron chi connectivity index (χ3n) is 3.61. The average molecular weight is 275 g/mol. The molecule has 0 radical (unpaired) electrons. The van der Waals surface area contributed by atoms with Crippen molar-refractivity contribution in [3.8, 4) is 0 Å². The molecule has 1 heterocycles. The maximum Gasteiger partial charge on any atom is 0.123 e. The van der Waals surface area contributed by atoms with Gasteiger partial charge in [0.15, 0.2) is 0 Å². The van der Waals surface area contributed by atoms with Gasteiger partial charge in [-0.2, -0.15) is 0 Å². The summed E-state index contributed by atoms with van der Waals surface area (Å²) < 4.78 is 15.3. The molecular formula is C16H22FN3. The first kappa shape index (κ1) is 14.7. The number of benzene rings is 1. The van der Waals surface area contributed by atoms with Crippen LogP contribution in [0.2, 0.25) is 0 Å². The van der Waals surface area contributed by atoms with Crippen molar-refractivity contribution in [2.45, 2.75) is 45.2 Å². The van der Waals surface area contributed by atoms with Crippen molar-refractivity contribution in [2.75, 3.05) is 0 Å². The van der Waals surface area contributed by atoms with E-state index in [0.717, 1.165) is 30.7 Å². The van der Waals surface area contributed by atoms with Crippen LogP contribution in [-0.2, 0) is 6.42 Å². The Balaban J connectivity index is 2.41. The number of imidazole rings is 1. The smallest absolute Gasteiger partial charge is 0.123 e. The largest absolute Gasteiger partial charge is 0.326 e. The van der Waals surface area contributed by atoms with E-state index in [1.165, 1.54) is 12.1 Å². The highest BCUT2D eigenvalue weighted by atomic mass is 19.1. The van der Waals surface area contributed by atoms with Gasteiger partial charge in [-0.1, -0.05) is 26.0 Å². The number of hydrogen-bond donors (Lipinski definition) is 1. The topological polar surface area (TPSA) is 43.8 Å². The molecule has 2 unspecified atom stereocenters. The Labute approximate surface area is 119 Å². The Kier molecular flexibility index (Phi) is 4.90. The molecule has 2 N–H and O–H groups in total. The van der Waals surface area contributed by atoms with Gasteiger partial charge in [0.1, 0.15) is 11.6 Å². The Morgan fingerprint density at radius 2 is 1.95 bits per heavy atom. The number of nitrogens with two attached hydrogens (primary N) is 1. The maximum atomic E-state index is 13.1. The minimum absolute atomic E-state index is 0.00431. The highest BCUT2D eigenvalue weighted by Gasteiger charge is 2.22. The lowest BCUT2D eigenvalue weighted by Crippen LogP contribution is -2.33. The normalized spacial score (nSPS) is 14.2. The molecule has 4 heteroatoms. The van der Waals surface area contributed by atoms with Crippen LogP contribution in [0.25, 0.3) is 0 Å². The zero-order chi connectivity index (χ0) is 14.5.